The molecule has 0 bridgehead atoms. The van der Waals surface area contributed by atoms with E-state index in [1.54, 1.807) is 0 Å². The Kier molecular flexibility index (Phi) is 9.21. The van der Waals surface area contributed by atoms with Gasteiger partial charge in [0.2, 0.25) is 0 Å². The number of nitrogens with one attached hydrogen (secondary N) is 1. The minimum absolute atomic E-state index is 0.136. The first-order valence-electron chi connectivity index (χ1n) is 19.8. The zero-order valence-corrected chi connectivity index (χ0v) is 32.2. The van der Waals surface area contributed by atoms with Crippen molar-refractivity contribution < 1.29 is 29.0 Å². The zero-order chi connectivity index (χ0) is 35.9. The normalized spacial score (nSPS) is 45.8. The van der Waals surface area contributed by atoms with Crippen LogP contribution in [0.3, 0.4) is 0 Å². The predicted octanol–water partition coefficient (Wildman–Crippen LogP) is 9.72. The summed E-state index contributed by atoms with van der Waals surface area (Å²) in [5, 5.41) is 13.1. The lowest BCUT2D eigenvalue weighted by Crippen LogP contribution is -2.69. The minimum atomic E-state index is -0.786. The quantitative estimate of drug-likeness (QED) is 0.221. The van der Waals surface area contributed by atoms with Crippen LogP contribution < -0.4 is 5.32 Å². The first kappa shape index (κ1) is 36.7. The van der Waals surface area contributed by atoms with Crippen molar-refractivity contribution in [2.24, 2.45) is 63.1 Å². The molecule has 2 N–H and O–H groups in total. The van der Waals surface area contributed by atoms with Crippen molar-refractivity contribution in [3.05, 3.63) is 12.2 Å². The molecule has 276 valence electrons. The Morgan fingerprint density at radius 2 is 1.49 bits per heavy atom. The van der Waals surface area contributed by atoms with Crippen LogP contribution in [0.15, 0.2) is 12.2 Å². The third-order valence-electron chi connectivity index (χ3n) is 16.4. The van der Waals surface area contributed by atoms with Crippen LogP contribution in [0.2, 0.25) is 0 Å². The lowest BCUT2D eigenvalue weighted by molar-refractivity contribution is -0.246. The molecule has 7 heteroatoms. The second-order valence-corrected chi connectivity index (χ2v) is 20.2. The molecular formula is C42H67NO6. The third kappa shape index (κ3) is 5.87. The number of alkyl carbamates (subject to hydrolysis) is 1. The lowest BCUT2D eigenvalue weighted by Gasteiger charge is -2.73. The van der Waals surface area contributed by atoms with Crippen LogP contribution in [0.4, 0.5) is 4.79 Å². The van der Waals surface area contributed by atoms with Gasteiger partial charge >= 0.3 is 18.0 Å². The summed E-state index contributed by atoms with van der Waals surface area (Å²) in [5.74, 6) is 0.631. The summed E-state index contributed by atoms with van der Waals surface area (Å²) < 4.78 is 12.3. The monoisotopic (exact) mass is 681 g/mol. The maximum Gasteiger partial charge on any atom is 0.408 e. The standard InChI is InChI=1S/C42H67NO6/c1-25(2)28-16-21-42(43-36(47)49-37(3,4)5)23-22-40(9)29(33(28)42)14-15-31-39(8)19-18-32(38(6,7)30(39)17-20-41(31,40)10)48-35(46)27-13-11-12-26(24-27)34(44)45/h26-33H,1,11-24H2,2-10H3,(H,43,47)(H,44,45)/t26-,27+,28+,29-,30+,31-,32+,33-,39+,40-,41-,42+/m1/s1. The summed E-state index contributed by atoms with van der Waals surface area (Å²) in [6, 6.07) is 0. The number of fused-ring (bicyclic) bond motifs is 7. The van der Waals surface area contributed by atoms with E-state index >= 15 is 0 Å². The second-order valence-electron chi connectivity index (χ2n) is 20.2. The maximum atomic E-state index is 13.5. The minimum Gasteiger partial charge on any atom is -0.481 e. The summed E-state index contributed by atoms with van der Waals surface area (Å²) in [5.41, 5.74) is 0.808. The molecule has 0 radical (unpaired) electrons. The Balaban J connectivity index is 1.23. The Labute approximate surface area is 296 Å². The molecule has 7 nitrogen and oxygen atoms in total. The van der Waals surface area contributed by atoms with Crippen LogP contribution in [0.5, 0.6) is 0 Å². The van der Waals surface area contributed by atoms with Crippen molar-refractivity contribution in [2.45, 2.75) is 169 Å². The molecule has 6 aliphatic rings. The predicted molar refractivity (Wildman–Crippen MR) is 192 cm³/mol. The van der Waals surface area contributed by atoms with Crippen molar-refractivity contribution in [2.75, 3.05) is 0 Å². The number of carbonyl (C=O) groups is 3. The number of carbonyl (C=O) groups excluding carboxylic acids is 2. The molecule has 1 amide bonds. The molecule has 0 unspecified atom stereocenters. The van der Waals surface area contributed by atoms with Crippen molar-refractivity contribution in [1.82, 2.24) is 5.32 Å². The van der Waals surface area contributed by atoms with E-state index in [4.69, 9.17) is 9.47 Å². The van der Waals surface area contributed by atoms with Crippen LogP contribution in [-0.2, 0) is 19.1 Å². The Morgan fingerprint density at radius 3 is 2.14 bits per heavy atom. The van der Waals surface area contributed by atoms with Gasteiger partial charge in [0.15, 0.2) is 0 Å². The van der Waals surface area contributed by atoms with E-state index in [2.05, 4.69) is 53.4 Å². The van der Waals surface area contributed by atoms with Gasteiger partial charge in [-0.25, -0.2) is 4.79 Å². The second kappa shape index (κ2) is 12.3. The number of aliphatic carboxylic acids is 1. The van der Waals surface area contributed by atoms with Crippen molar-refractivity contribution in [3.63, 3.8) is 0 Å². The van der Waals surface area contributed by atoms with Gasteiger partial charge in [0.1, 0.15) is 11.7 Å². The molecule has 6 saturated carbocycles. The number of hydrogen-bond acceptors (Lipinski definition) is 5. The molecule has 6 aliphatic carbocycles. The molecule has 0 saturated heterocycles. The average Bonchev–Trinajstić information content (AvgIpc) is 3.37. The van der Waals surface area contributed by atoms with Crippen LogP contribution in [0.25, 0.3) is 0 Å². The maximum absolute atomic E-state index is 13.5. The molecule has 0 spiro atoms. The van der Waals surface area contributed by atoms with Crippen molar-refractivity contribution >= 4 is 18.0 Å². The van der Waals surface area contributed by atoms with E-state index in [0.29, 0.717) is 42.4 Å². The molecule has 6 fully saturated rings. The molecule has 0 aromatic carbocycles. The van der Waals surface area contributed by atoms with E-state index < -0.39 is 17.5 Å². The number of rotatable bonds is 5. The summed E-state index contributed by atoms with van der Waals surface area (Å²) in [6.45, 7) is 25.0. The van der Waals surface area contributed by atoms with Crippen molar-refractivity contribution in [1.29, 1.82) is 0 Å². The van der Waals surface area contributed by atoms with Gasteiger partial charge in [0.05, 0.1) is 11.8 Å². The highest BCUT2D eigenvalue weighted by atomic mass is 16.6. The average molecular weight is 682 g/mol. The number of hydrogen-bond donors (Lipinski definition) is 2. The number of carboxylic acids is 1. The van der Waals surface area contributed by atoms with E-state index in [9.17, 15) is 19.5 Å². The Bertz CT molecular complexity index is 1350. The molecule has 6 rings (SSSR count). The molecule has 0 heterocycles. The van der Waals surface area contributed by atoms with Gasteiger partial charge in [-0.3, -0.25) is 9.59 Å². The zero-order valence-electron chi connectivity index (χ0n) is 32.2. The fourth-order valence-electron chi connectivity index (χ4n) is 13.9. The number of esters is 1. The Morgan fingerprint density at radius 1 is 0.796 bits per heavy atom. The van der Waals surface area contributed by atoms with Crippen LogP contribution >= 0.6 is 0 Å². The fraction of sp³-hybridized carbons (Fsp3) is 0.881. The molecule has 0 aromatic rings. The summed E-state index contributed by atoms with van der Waals surface area (Å²) >= 11 is 0. The third-order valence-corrected chi connectivity index (χ3v) is 16.4. The molecule has 49 heavy (non-hydrogen) atoms. The topological polar surface area (TPSA) is 102 Å². The number of amides is 1. The van der Waals surface area contributed by atoms with Crippen LogP contribution in [-0.4, -0.2) is 40.4 Å². The SMILES string of the molecule is C=C(C)[C@@H]1CC[C@]2(NC(=O)OC(C)(C)C)CC[C@]3(C)[C@H](CC[C@@H]4[C@@]5(C)CC[C@H](OC(=O)[C@H]6CCC[C@@H](C(=O)O)C6)C(C)(C)[C@@H]5CC[C@]43C)[C@@H]12. The largest absolute Gasteiger partial charge is 0.481 e. The van der Waals surface area contributed by atoms with Gasteiger partial charge in [-0.05, 0) is 157 Å². The summed E-state index contributed by atoms with van der Waals surface area (Å²) in [4.78, 5) is 38.5. The van der Waals surface area contributed by atoms with Crippen molar-refractivity contribution in [3.8, 4) is 0 Å². The number of carboxylic acid groups (broad SMARTS) is 1. The first-order valence-corrected chi connectivity index (χ1v) is 19.8. The lowest BCUT2D eigenvalue weighted by atomic mass is 9.32. The highest BCUT2D eigenvalue weighted by molar-refractivity contribution is 5.75. The first-order chi connectivity index (χ1) is 22.7. The van der Waals surface area contributed by atoms with Crippen LogP contribution in [0, 0.1) is 63.1 Å². The van der Waals surface area contributed by atoms with E-state index in [1.807, 2.05) is 20.8 Å². The molecular weight excluding hydrogens is 614 g/mol. The van der Waals surface area contributed by atoms with Gasteiger partial charge in [0, 0.05) is 11.0 Å². The van der Waals surface area contributed by atoms with E-state index in [-0.39, 0.29) is 51.3 Å². The molecule has 0 aromatic heterocycles. The van der Waals surface area contributed by atoms with E-state index in [0.717, 1.165) is 57.8 Å². The molecule has 12 atom stereocenters. The number of allylic oxidation sites excluding steroid dienone is 1. The molecule has 0 aliphatic heterocycles. The smallest absolute Gasteiger partial charge is 0.408 e. The van der Waals surface area contributed by atoms with Gasteiger partial charge < -0.3 is 19.9 Å². The van der Waals surface area contributed by atoms with E-state index in [1.165, 1.54) is 24.8 Å². The van der Waals surface area contributed by atoms with Crippen LogP contribution in [0.1, 0.15) is 152 Å². The number of ether oxygens (including phenoxy) is 2. The van der Waals surface area contributed by atoms with Gasteiger partial charge in [0.25, 0.3) is 0 Å². The van der Waals surface area contributed by atoms with Gasteiger partial charge in [-0.2, -0.15) is 0 Å². The Hall–Kier alpha value is -2.05. The highest BCUT2D eigenvalue weighted by Crippen LogP contribution is 2.76. The highest BCUT2D eigenvalue weighted by Gasteiger charge is 2.71. The van der Waals surface area contributed by atoms with Gasteiger partial charge in [-0.1, -0.05) is 53.2 Å². The van der Waals surface area contributed by atoms with Gasteiger partial charge in [-0.15, -0.1) is 0 Å². The fourth-order valence-corrected chi connectivity index (χ4v) is 13.9. The summed E-state index contributed by atoms with van der Waals surface area (Å²) in [7, 11) is 0. The summed E-state index contributed by atoms with van der Waals surface area (Å²) in [6.07, 6.45) is 13.0.